The first-order valence-corrected chi connectivity index (χ1v) is 6.25. The summed E-state index contributed by atoms with van der Waals surface area (Å²) in [6, 6.07) is 8.58. The second kappa shape index (κ2) is 6.45. The zero-order chi connectivity index (χ0) is 12.8. The van der Waals surface area contributed by atoms with Crippen molar-refractivity contribution in [3.8, 4) is 0 Å². The van der Waals surface area contributed by atoms with Crippen molar-refractivity contribution in [1.29, 1.82) is 0 Å². The summed E-state index contributed by atoms with van der Waals surface area (Å²) in [7, 11) is 0. The van der Waals surface area contributed by atoms with Gasteiger partial charge in [0, 0.05) is 18.3 Å². The number of aliphatic hydroxyl groups is 1. The van der Waals surface area contributed by atoms with Crippen LogP contribution in [-0.2, 0) is 0 Å². The summed E-state index contributed by atoms with van der Waals surface area (Å²) in [4.78, 5) is 2.27. The number of hydrogen-bond acceptors (Lipinski definition) is 2. The third-order valence-corrected chi connectivity index (χ3v) is 2.95. The quantitative estimate of drug-likeness (QED) is 0.760. The van der Waals surface area contributed by atoms with Gasteiger partial charge in [-0.1, -0.05) is 25.1 Å². The highest BCUT2D eigenvalue weighted by molar-refractivity contribution is 5.49. The smallest absolute Gasteiger partial charge is 0.0787 e. The van der Waals surface area contributed by atoms with Gasteiger partial charge in [0.2, 0.25) is 0 Å². The van der Waals surface area contributed by atoms with Gasteiger partial charge in [0.25, 0.3) is 0 Å². The minimum Gasteiger partial charge on any atom is -0.388 e. The minimum atomic E-state index is -0.351. The normalized spacial score (nSPS) is 12.5. The van der Waals surface area contributed by atoms with Crippen LogP contribution >= 0.6 is 0 Å². The third-order valence-electron chi connectivity index (χ3n) is 2.95. The molecule has 1 atom stereocenters. The van der Waals surface area contributed by atoms with Crippen LogP contribution in [0.3, 0.4) is 0 Å². The van der Waals surface area contributed by atoms with Crippen LogP contribution in [0.15, 0.2) is 36.9 Å². The SMILES string of the molecule is C=CCN(c1ccc(C(O)CC)cc1)C(C)C. The fourth-order valence-electron chi connectivity index (χ4n) is 1.88. The lowest BCUT2D eigenvalue weighted by atomic mass is 10.1. The Morgan fingerprint density at radius 3 is 2.29 bits per heavy atom. The van der Waals surface area contributed by atoms with E-state index in [9.17, 15) is 5.11 Å². The van der Waals surface area contributed by atoms with E-state index in [1.165, 1.54) is 5.69 Å². The molecule has 1 aromatic rings. The second-order valence-corrected chi connectivity index (χ2v) is 4.55. The van der Waals surface area contributed by atoms with E-state index in [0.29, 0.717) is 6.04 Å². The topological polar surface area (TPSA) is 23.5 Å². The molecule has 0 aliphatic rings. The van der Waals surface area contributed by atoms with E-state index < -0.39 is 0 Å². The lowest BCUT2D eigenvalue weighted by Gasteiger charge is -2.28. The van der Waals surface area contributed by atoms with Crippen molar-refractivity contribution in [2.75, 3.05) is 11.4 Å². The molecule has 0 saturated heterocycles. The van der Waals surface area contributed by atoms with E-state index in [4.69, 9.17) is 0 Å². The minimum absolute atomic E-state index is 0.351. The van der Waals surface area contributed by atoms with Crippen molar-refractivity contribution >= 4 is 5.69 Å². The van der Waals surface area contributed by atoms with Crippen LogP contribution in [0.1, 0.15) is 38.9 Å². The third kappa shape index (κ3) is 3.60. The lowest BCUT2D eigenvalue weighted by Crippen LogP contribution is -2.30. The van der Waals surface area contributed by atoms with Crippen molar-refractivity contribution in [2.24, 2.45) is 0 Å². The van der Waals surface area contributed by atoms with E-state index in [0.717, 1.165) is 18.5 Å². The molecule has 0 spiro atoms. The Morgan fingerprint density at radius 2 is 1.88 bits per heavy atom. The average Bonchev–Trinajstić information content (AvgIpc) is 2.35. The Kier molecular flexibility index (Phi) is 5.23. The predicted molar refractivity (Wildman–Crippen MR) is 74.4 cm³/mol. The Labute approximate surface area is 105 Å². The molecule has 0 bridgehead atoms. The first-order chi connectivity index (χ1) is 8.10. The molecule has 1 aromatic carbocycles. The molecule has 1 N–H and O–H groups in total. The summed E-state index contributed by atoms with van der Waals surface area (Å²) in [5.41, 5.74) is 2.16. The molecule has 94 valence electrons. The Hall–Kier alpha value is -1.28. The van der Waals surface area contributed by atoms with Gasteiger partial charge in [-0.3, -0.25) is 0 Å². The van der Waals surface area contributed by atoms with Gasteiger partial charge in [-0.2, -0.15) is 0 Å². The van der Waals surface area contributed by atoms with Crippen molar-refractivity contribution in [1.82, 2.24) is 0 Å². The summed E-state index contributed by atoms with van der Waals surface area (Å²) < 4.78 is 0. The molecule has 0 aliphatic carbocycles. The summed E-state index contributed by atoms with van der Waals surface area (Å²) >= 11 is 0. The van der Waals surface area contributed by atoms with E-state index in [2.05, 4.69) is 37.5 Å². The van der Waals surface area contributed by atoms with Gasteiger partial charge in [0.15, 0.2) is 0 Å². The van der Waals surface area contributed by atoms with Crippen molar-refractivity contribution < 1.29 is 5.11 Å². The van der Waals surface area contributed by atoms with Crippen LogP contribution in [0.2, 0.25) is 0 Å². The number of nitrogens with zero attached hydrogens (tertiary/aromatic N) is 1. The van der Waals surface area contributed by atoms with Crippen LogP contribution in [0.5, 0.6) is 0 Å². The molecule has 1 unspecified atom stereocenters. The Morgan fingerprint density at radius 1 is 1.29 bits per heavy atom. The second-order valence-electron chi connectivity index (χ2n) is 4.55. The van der Waals surface area contributed by atoms with E-state index in [1.54, 1.807) is 0 Å². The van der Waals surface area contributed by atoms with Crippen LogP contribution in [0.4, 0.5) is 5.69 Å². The molecule has 1 rings (SSSR count). The van der Waals surface area contributed by atoms with Gasteiger partial charge >= 0.3 is 0 Å². The number of benzene rings is 1. The molecular formula is C15H23NO. The molecule has 0 radical (unpaired) electrons. The highest BCUT2D eigenvalue weighted by atomic mass is 16.3. The van der Waals surface area contributed by atoms with Gasteiger partial charge < -0.3 is 10.0 Å². The van der Waals surface area contributed by atoms with E-state index in [-0.39, 0.29) is 6.10 Å². The number of rotatable bonds is 6. The summed E-state index contributed by atoms with van der Waals surface area (Å²) in [5.74, 6) is 0. The fourth-order valence-corrected chi connectivity index (χ4v) is 1.88. The first-order valence-electron chi connectivity index (χ1n) is 6.25. The molecule has 0 heterocycles. The van der Waals surface area contributed by atoms with Crippen molar-refractivity contribution in [3.63, 3.8) is 0 Å². The standard InChI is InChI=1S/C15H23NO/c1-5-11-16(12(3)4)14-9-7-13(8-10-14)15(17)6-2/h5,7-10,12,15,17H,1,6,11H2,2-4H3. The number of anilines is 1. The molecule has 0 fully saturated rings. The van der Waals surface area contributed by atoms with Gasteiger partial charge in [-0.25, -0.2) is 0 Å². The Bertz CT molecular complexity index is 342. The maximum absolute atomic E-state index is 9.74. The highest BCUT2D eigenvalue weighted by Gasteiger charge is 2.10. The molecule has 2 heteroatoms. The Balaban J connectivity index is 2.87. The van der Waals surface area contributed by atoms with Crippen molar-refractivity contribution in [2.45, 2.75) is 39.3 Å². The predicted octanol–water partition coefficient (Wildman–Crippen LogP) is 3.53. The van der Waals surface area contributed by atoms with Crippen LogP contribution < -0.4 is 4.90 Å². The fraction of sp³-hybridized carbons (Fsp3) is 0.467. The molecule has 17 heavy (non-hydrogen) atoms. The van der Waals surface area contributed by atoms with Crippen LogP contribution in [0, 0.1) is 0 Å². The summed E-state index contributed by atoms with van der Waals surface area (Å²) in [6.45, 7) is 10.9. The number of aliphatic hydroxyl groups excluding tert-OH is 1. The van der Waals surface area contributed by atoms with E-state index in [1.807, 2.05) is 25.1 Å². The van der Waals surface area contributed by atoms with E-state index >= 15 is 0 Å². The summed E-state index contributed by atoms with van der Waals surface area (Å²) in [6.07, 6.45) is 2.31. The first kappa shape index (κ1) is 13.8. The molecule has 0 aromatic heterocycles. The van der Waals surface area contributed by atoms with Gasteiger partial charge in [-0.05, 0) is 38.0 Å². The number of hydrogen-bond donors (Lipinski definition) is 1. The summed E-state index contributed by atoms with van der Waals surface area (Å²) in [5, 5.41) is 9.74. The monoisotopic (exact) mass is 233 g/mol. The van der Waals surface area contributed by atoms with Gasteiger partial charge in [0.1, 0.15) is 0 Å². The van der Waals surface area contributed by atoms with Gasteiger partial charge in [-0.15, -0.1) is 6.58 Å². The molecule has 0 aliphatic heterocycles. The van der Waals surface area contributed by atoms with Crippen LogP contribution in [0.25, 0.3) is 0 Å². The molecule has 0 amide bonds. The maximum Gasteiger partial charge on any atom is 0.0787 e. The molecular weight excluding hydrogens is 210 g/mol. The zero-order valence-corrected chi connectivity index (χ0v) is 11.1. The largest absolute Gasteiger partial charge is 0.388 e. The highest BCUT2D eigenvalue weighted by Crippen LogP contribution is 2.22. The van der Waals surface area contributed by atoms with Crippen molar-refractivity contribution in [3.05, 3.63) is 42.5 Å². The maximum atomic E-state index is 9.74. The lowest BCUT2D eigenvalue weighted by molar-refractivity contribution is 0.173. The zero-order valence-electron chi connectivity index (χ0n) is 11.1. The van der Waals surface area contributed by atoms with Crippen LogP contribution in [-0.4, -0.2) is 17.7 Å². The molecule has 0 saturated carbocycles. The molecule has 2 nitrogen and oxygen atoms in total. The van der Waals surface area contributed by atoms with Gasteiger partial charge in [0.05, 0.1) is 6.10 Å². The average molecular weight is 233 g/mol.